The quantitative estimate of drug-likeness (QED) is 0.401. The van der Waals surface area contributed by atoms with Gasteiger partial charge in [0.1, 0.15) is 12.1 Å². The summed E-state index contributed by atoms with van der Waals surface area (Å²) in [6.45, 7) is 8.20. The fraction of sp³-hybridized carbons (Fsp3) is 0.800. The van der Waals surface area contributed by atoms with Gasteiger partial charge in [-0.2, -0.15) is 0 Å². The first-order valence-corrected chi connectivity index (χ1v) is 12.7. The maximum absolute atomic E-state index is 13.7. The molecule has 0 bridgehead atoms. The molecule has 0 radical (unpaired) electrons. The van der Waals surface area contributed by atoms with Crippen LogP contribution in [0.4, 0.5) is 0 Å². The van der Waals surface area contributed by atoms with E-state index < -0.39 is 35.7 Å². The average Bonchev–Trinajstić information content (AvgIpc) is 3.57. The zero-order valence-corrected chi connectivity index (χ0v) is 20.6. The van der Waals surface area contributed by atoms with Crippen molar-refractivity contribution in [2.24, 2.45) is 40.7 Å². The van der Waals surface area contributed by atoms with Crippen LogP contribution in [0.5, 0.6) is 0 Å². The Morgan fingerprint density at radius 2 is 1.68 bits per heavy atom. The van der Waals surface area contributed by atoms with Crippen molar-refractivity contribution in [2.75, 3.05) is 6.54 Å². The van der Waals surface area contributed by atoms with E-state index in [1.165, 1.54) is 0 Å². The second-order valence-electron chi connectivity index (χ2n) is 11.7. The fourth-order valence-corrected chi connectivity index (χ4v) is 5.81. The summed E-state index contributed by atoms with van der Waals surface area (Å²) in [5.74, 6) is -2.37. The van der Waals surface area contributed by atoms with Crippen LogP contribution in [0.15, 0.2) is 0 Å². The molecule has 0 aromatic heterocycles. The summed E-state index contributed by atoms with van der Waals surface area (Å²) in [7, 11) is 0. The van der Waals surface area contributed by atoms with E-state index in [1.54, 1.807) is 18.7 Å². The van der Waals surface area contributed by atoms with Crippen LogP contribution in [-0.2, 0) is 24.0 Å². The van der Waals surface area contributed by atoms with Gasteiger partial charge in [-0.15, -0.1) is 0 Å². The zero-order chi connectivity index (χ0) is 24.9. The number of ketones is 1. The topological polar surface area (TPSA) is 139 Å². The molecule has 4 rings (SSSR count). The first-order valence-electron chi connectivity index (χ1n) is 12.7. The van der Waals surface area contributed by atoms with Gasteiger partial charge < -0.3 is 21.3 Å². The van der Waals surface area contributed by atoms with Gasteiger partial charge in [0, 0.05) is 12.5 Å². The fourth-order valence-electron chi connectivity index (χ4n) is 5.81. The maximum Gasteiger partial charge on any atom is 0.287 e. The van der Waals surface area contributed by atoms with Gasteiger partial charge in [-0.05, 0) is 48.3 Å². The van der Waals surface area contributed by atoms with Crippen LogP contribution in [-0.4, -0.2) is 59.0 Å². The van der Waals surface area contributed by atoms with E-state index in [0.29, 0.717) is 18.9 Å². The molecule has 4 fully saturated rings. The van der Waals surface area contributed by atoms with Crippen molar-refractivity contribution in [2.45, 2.75) is 84.3 Å². The highest BCUT2D eigenvalue weighted by molar-refractivity contribution is 6.37. The van der Waals surface area contributed by atoms with Gasteiger partial charge in [-0.3, -0.25) is 24.0 Å². The molecule has 9 nitrogen and oxygen atoms in total. The molecule has 9 heteroatoms. The predicted molar refractivity (Wildman–Crippen MR) is 124 cm³/mol. The number of amides is 4. The number of hydrogen-bond donors (Lipinski definition) is 3. The first kappa shape index (κ1) is 24.7. The maximum atomic E-state index is 13.7. The molecular weight excluding hydrogens is 436 g/mol. The zero-order valence-electron chi connectivity index (χ0n) is 20.6. The van der Waals surface area contributed by atoms with Crippen LogP contribution in [0, 0.1) is 35.0 Å². The monoisotopic (exact) mass is 474 g/mol. The Morgan fingerprint density at radius 3 is 2.18 bits per heavy atom. The van der Waals surface area contributed by atoms with Gasteiger partial charge in [-0.1, -0.05) is 47.0 Å². The molecule has 4 N–H and O–H groups in total. The van der Waals surface area contributed by atoms with Crippen molar-refractivity contribution in [3.05, 3.63) is 0 Å². The highest BCUT2D eigenvalue weighted by Crippen LogP contribution is 2.65. The number of primary amides is 1. The molecule has 1 heterocycles. The van der Waals surface area contributed by atoms with Crippen molar-refractivity contribution in [3.8, 4) is 0 Å². The van der Waals surface area contributed by atoms with E-state index in [0.717, 1.165) is 32.1 Å². The molecule has 1 aliphatic heterocycles. The van der Waals surface area contributed by atoms with E-state index in [-0.39, 0.29) is 40.9 Å². The van der Waals surface area contributed by atoms with Crippen molar-refractivity contribution >= 4 is 29.4 Å². The number of piperidine rings is 1. The van der Waals surface area contributed by atoms with Crippen molar-refractivity contribution in [1.29, 1.82) is 0 Å². The smallest absolute Gasteiger partial charge is 0.287 e. The molecular formula is C25H38N4O5. The largest absolute Gasteiger partial charge is 0.363 e. The first-order chi connectivity index (χ1) is 15.9. The van der Waals surface area contributed by atoms with Crippen molar-refractivity contribution in [3.63, 3.8) is 0 Å². The summed E-state index contributed by atoms with van der Waals surface area (Å²) in [6.07, 6.45) is 5.07. The minimum Gasteiger partial charge on any atom is -0.363 e. The van der Waals surface area contributed by atoms with Gasteiger partial charge in [-0.25, -0.2) is 0 Å². The Morgan fingerprint density at radius 1 is 1.03 bits per heavy atom. The van der Waals surface area contributed by atoms with Gasteiger partial charge in [0.05, 0.1) is 6.04 Å². The summed E-state index contributed by atoms with van der Waals surface area (Å²) in [5, 5.41) is 5.71. The minimum absolute atomic E-state index is 0.0236. The second kappa shape index (κ2) is 8.96. The molecule has 4 aliphatic rings. The third-order valence-corrected chi connectivity index (χ3v) is 8.61. The highest BCUT2D eigenvalue weighted by atomic mass is 16.2. The Kier molecular flexibility index (Phi) is 6.50. The molecule has 188 valence electrons. The summed E-state index contributed by atoms with van der Waals surface area (Å²) in [4.78, 5) is 65.3. The molecule has 1 saturated heterocycles. The number of nitrogens with one attached hydrogen (secondary N) is 2. The average molecular weight is 475 g/mol. The number of nitrogens with zero attached hydrogens (tertiary/aromatic N) is 1. The van der Waals surface area contributed by atoms with Crippen molar-refractivity contribution in [1.82, 2.24) is 15.5 Å². The van der Waals surface area contributed by atoms with E-state index in [9.17, 15) is 24.0 Å². The van der Waals surface area contributed by atoms with Gasteiger partial charge in [0.15, 0.2) is 0 Å². The summed E-state index contributed by atoms with van der Waals surface area (Å²) >= 11 is 0. The van der Waals surface area contributed by atoms with Crippen LogP contribution >= 0.6 is 0 Å². The van der Waals surface area contributed by atoms with Crippen LogP contribution in [0.25, 0.3) is 0 Å². The van der Waals surface area contributed by atoms with E-state index >= 15 is 0 Å². The number of rotatable bonds is 10. The number of carbonyl (C=O) groups is 5. The van der Waals surface area contributed by atoms with Gasteiger partial charge in [0.25, 0.3) is 5.91 Å². The number of carbonyl (C=O) groups excluding carboxylic acids is 5. The van der Waals surface area contributed by atoms with Crippen molar-refractivity contribution < 1.29 is 24.0 Å². The molecule has 34 heavy (non-hydrogen) atoms. The number of fused-ring (bicyclic) bond motifs is 1. The van der Waals surface area contributed by atoms with Crippen LogP contribution in [0.3, 0.4) is 0 Å². The number of nitrogens with two attached hydrogens (primary N) is 1. The molecule has 3 saturated carbocycles. The lowest BCUT2D eigenvalue weighted by Gasteiger charge is -2.39. The van der Waals surface area contributed by atoms with Gasteiger partial charge in [0.2, 0.25) is 23.5 Å². The normalized spacial score (nSPS) is 29.0. The van der Waals surface area contributed by atoms with Crippen LogP contribution in [0.1, 0.15) is 66.2 Å². The third kappa shape index (κ3) is 4.58. The lowest BCUT2D eigenvalue weighted by atomic mass is 9.78. The molecule has 5 atom stereocenters. The Bertz CT molecular complexity index is 892. The van der Waals surface area contributed by atoms with Gasteiger partial charge >= 0.3 is 0 Å². The summed E-state index contributed by atoms with van der Waals surface area (Å²) < 4.78 is 0. The van der Waals surface area contributed by atoms with Crippen LogP contribution in [0.2, 0.25) is 0 Å². The van der Waals surface area contributed by atoms with E-state index in [1.807, 2.05) is 0 Å². The van der Waals surface area contributed by atoms with E-state index in [4.69, 9.17) is 5.73 Å². The number of likely N-dealkylation sites (tertiary alicyclic amines) is 1. The SMILES string of the molecule is CC(C)C(=O)N[C@H](C(=O)N1C[C@H]2[C@@H]([C@H]1C(=O)NC(CC1CC1)C(=O)C(N)=O)C2(C)C)C1CCC1. The predicted octanol–water partition coefficient (Wildman–Crippen LogP) is 0.750. The third-order valence-electron chi connectivity index (χ3n) is 8.61. The molecule has 1 unspecified atom stereocenters. The molecule has 0 aromatic carbocycles. The van der Waals surface area contributed by atoms with E-state index in [2.05, 4.69) is 24.5 Å². The standard InChI is InChI=1S/C25H38N4O5/c1-12(2)22(32)28-18(14-6-5-7-14)24(34)29-11-15-17(25(15,3)4)19(29)23(33)27-16(10-13-8-9-13)20(30)21(26)31/h12-19H,5-11H2,1-4H3,(H2,26,31)(H,27,33)(H,28,32)/t15-,16?,17-,18-,19-/m0/s1. The summed E-state index contributed by atoms with van der Waals surface area (Å²) in [6, 6.07) is -2.33. The Hall–Kier alpha value is -2.45. The lowest BCUT2D eigenvalue weighted by molar-refractivity contribution is -0.146. The molecule has 0 aromatic rings. The molecule has 4 amide bonds. The molecule has 3 aliphatic carbocycles. The minimum atomic E-state index is -1.06. The number of hydrogen-bond acceptors (Lipinski definition) is 5. The Labute approximate surface area is 200 Å². The molecule has 0 spiro atoms. The van der Waals surface area contributed by atoms with Crippen LogP contribution < -0.4 is 16.4 Å². The second-order valence-corrected chi connectivity index (χ2v) is 11.7. The highest BCUT2D eigenvalue weighted by Gasteiger charge is 2.69. The Balaban J connectivity index is 1.54. The summed E-state index contributed by atoms with van der Waals surface area (Å²) in [5.41, 5.74) is 5.15. The lowest BCUT2D eigenvalue weighted by Crippen LogP contribution is -2.60. The number of Topliss-reactive ketones (excluding diaryl/α,β-unsaturated/α-hetero) is 1.